The smallest absolute Gasteiger partial charge is 0.249 e. The highest BCUT2D eigenvalue weighted by Gasteiger charge is 2.24. The maximum absolute atomic E-state index is 12.1. The number of carbonyl (C=O) groups excluding carboxylic acids is 1. The van der Waals surface area contributed by atoms with Gasteiger partial charge in [0, 0.05) is 31.1 Å². The molecule has 3 rings (SSSR count). The van der Waals surface area contributed by atoms with Crippen LogP contribution in [0.15, 0.2) is 40.3 Å². The second kappa shape index (κ2) is 4.69. The minimum Gasteiger partial charge on any atom is -0.339 e. The number of likely N-dealkylation sites (tertiary alicyclic amines) is 1. The van der Waals surface area contributed by atoms with Gasteiger partial charge in [-0.2, -0.15) is 0 Å². The van der Waals surface area contributed by atoms with Crippen LogP contribution in [0.25, 0.3) is 0 Å². The van der Waals surface area contributed by atoms with Gasteiger partial charge in [-0.15, -0.1) is 0 Å². The van der Waals surface area contributed by atoms with E-state index in [0.717, 1.165) is 31.0 Å². The Kier molecular flexibility index (Phi) is 3.04. The van der Waals surface area contributed by atoms with Gasteiger partial charge in [-0.05, 0) is 25.0 Å². The highest BCUT2D eigenvalue weighted by Crippen LogP contribution is 2.44. The number of benzene rings is 1. The topological polar surface area (TPSA) is 23.6 Å². The number of carbonyl (C=O) groups is 1. The molecule has 1 saturated heterocycles. The van der Waals surface area contributed by atoms with Gasteiger partial charge in [-0.25, -0.2) is 0 Å². The maximum Gasteiger partial charge on any atom is 0.249 e. The van der Waals surface area contributed by atoms with Gasteiger partial charge in [-0.1, -0.05) is 23.9 Å². The van der Waals surface area contributed by atoms with E-state index >= 15 is 0 Å². The molecule has 0 N–H and O–H groups in total. The summed E-state index contributed by atoms with van der Waals surface area (Å²) in [5, 5.41) is 1.02. The third kappa shape index (κ3) is 2.01. The predicted octanol–water partition coefficient (Wildman–Crippen LogP) is 2.69. The van der Waals surface area contributed by atoms with Crippen LogP contribution in [0.2, 0.25) is 0 Å². The van der Waals surface area contributed by atoms with Gasteiger partial charge in [0.25, 0.3) is 0 Å². The molecule has 94 valence electrons. The van der Waals surface area contributed by atoms with Crippen LogP contribution in [0.1, 0.15) is 12.8 Å². The second-order valence-electron chi connectivity index (χ2n) is 4.64. The maximum atomic E-state index is 12.1. The molecule has 3 nitrogen and oxygen atoms in total. The number of para-hydroxylation sites is 1. The molecule has 1 aromatic rings. The Hall–Kier alpha value is -1.42. The number of hydrogen-bond donors (Lipinski definition) is 0. The number of fused-ring (bicyclic) bond motifs is 1. The van der Waals surface area contributed by atoms with Crippen molar-refractivity contribution < 1.29 is 4.79 Å². The number of nitrogens with zero attached hydrogens (tertiary/aromatic N) is 2. The number of anilines is 1. The van der Waals surface area contributed by atoms with E-state index in [9.17, 15) is 4.79 Å². The molecule has 0 saturated carbocycles. The van der Waals surface area contributed by atoms with Gasteiger partial charge >= 0.3 is 0 Å². The molecule has 2 aliphatic rings. The predicted molar refractivity (Wildman–Crippen MR) is 74.6 cm³/mol. The van der Waals surface area contributed by atoms with E-state index in [4.69, 9.17) is 0 Å². The summed E-state index contributed by atoms with van der Waals surface area (Å²) >= 11 is 1.67. The molecule has 0 aromatic heterocycles. The van der Waals surface area contributed by atoms with Crippen molar-refractivity contribution in [2.24, 2.45) is 0 Å². The number of hydrogen-bond acceptors (Lipinski definition) is 3. The molecule has 1 aromatic carbocycles. The Bertz CT molecular complexity index is 506. The lowest BCUT2D eigenvalue weighted by molar-refractivity contribution is -0.125. The van der Waals surface area contributed by atoms with Crippen molar-refractivity contribution in [1.82, 2.24) is 4.90 Å². The van der Waals surface area contributed by atoms with Crippen LogP contribution >= 0.6 is 11.8 Å². The van der Waals surface area contributed by atoms with E-state index in [1.807, 2.05) is 24.1 Å². The molecule has 0 aliphatic carbocycles. The first-order valence-corrected chi connectivity index (χ1v) is 7.08. The first-order chi connectivity index (χ1) is 8.75. The van der Waals surface area contributed by atoms with Crippen molar-refractivity contribution in [2.75, 3.05) is 25.0 Å². The van der Waals surface area contributed by atoms with Gasteiger partial charge in [0.15, 0.2) is 0 Å². The normalized spacial score (nSPS) is 20.6. The highest BCUT2D eigenvalue weighted by molar-refractivity contribution is 8.03. The van der Waals surface area contributed by atoms with Crippen LogP contribution in [-0.4, -0.2) is 30.9 Å². The summed E-state index contributed by atoms with van der Waals surface area (Å²) < 4.78 is 0. The minimum atomic E-state index is 0.148. The van der Waals surface area contributed by atoms with Crippen molar-refractivity contribution in [3.8, 4) is 0 Å². The van der Waals surface area contributed by atoms with Gasteiger partial charge in [-0.3, -0.25) is 4.79 Å². The average molecular weight is 260 g/mol. The molecule has 0 unspecified atom stereocenters. The Morgan fingerprint density at radius 1 is 1.28 bits per heavy atom. The highest BCUT2D eigenvalue weighted by atomic mass is 32.2. The molecule has 2 aliphatic heterocycles. The molecule has 0 spiro atoms. The fourth-order valence-corrected chi connectivity index (χ4v) is 3.46. The summed E-state index contributed by atoms with van der Waals surface area (Å²) in [6.07, 6.45) is 4.05. The molecule has 0 bridgehead atoms. The lowest BCUT2D eigenvalue weighted by atomic mass is 10.3. The van der Waals surface area contributed by atoms with Crippen LogP contribution in [0.4, 0.5) is 5.69 Å². The molecule has 0 radical (unpaired) electrons. The third-order valence-electron chi connectivity index (χ3n) is 3.44. The molecule has 0 atom stereocenters. The fourth-order valence-electron chi connectivity index (χ4n) is 2.38. The van der Waals surface area contributed by atoms with E-state index in [0.29, 0.717) is 0 Å². The second-order valence-corrected chi connectivity index (χ2v) is 5.71. The lowest BCUT2D eigenvalue weighted by Gasteiger charge is -2.16. The van der Waals surface area contributed by atoms with Crippen LogP contribution in [0.3, 0.4) is 0 Å². The molecule has 4 heteroatoms. The van der Waals surface area contributed by atoms with Crippen molar-refractivity contribution in [3.63, 3.8) is 0 Å². The summed E-state index contributed by atoms with van der Waals surface area (Å²) in [6.45, 7) is 1.81. The first kappa shape index (κ1) is 11.7. The number of thioether (sulfide) groups is 1. The summed E-state index contributed by atoms with van der Waals surface area (Å²) in [7, 11) is 2.02. The van der Waals surface area contributed by atoms with Crippen LogP contribution in [0, 0.1) is 0 Å². The van der Waals surface area contributed by atoms with Crippen LogP contribution < -0.4 is 4.90 Å². The quantitative estimate of drug-likeness (QED) is 0.725. The zero-order valence-electron chi connectivity index (χ0n) is 10.4. The zero-order chi connectivity index (χ0) is 12.5. The third-order valence-corrected chi connectivity index (χ3v) is 4.60. The summed E-state index contributed by atoms with van der Waals surface area (Å²) in [5.74, 6) is 0.148. The molecule has 2 heterocycles. The molecular formula is C14H16N2OS. The summed E-state index contributed by atoms with van der Waals surface area (Å²) in [5.41, 5.74) is 1.18. The van der Waals surface area contributed by atoms with Crippen molar-refractivity contribution >= 4 is 23.4 Å². The number of amides is 1. The lowest BCUT2D eigenvalue weighted by Crippen LogP contribution is -2.26. The fraction of sp³-hybridized carbons (Fsp3) is 0.357. The minimum absolute atomic E-state index is 0.148. The Labute approximate surface area is 111 Å². The van der Waals surface area contributed by atoms with E-state index in [2.05, 4.69) is 17.0 Å². The van der Waals surface area contributed by atoms with E-state index in [1.165, 1.54) is 10.6 Å². The van der Waals surface area contributed by atoms with Crippen LogP contribution in [-0.2, 0) is 4.79 Å². The van der Waals surface area contributed by atoms with E-state index in [1.54, 1.807) is 17.8 Å². The van der Waals surface area contributed by atoms with Gasteiger partial charge < -0.3 is 9.80 Å². The standard InChI is InChI=1S/C14H16N2OS/c1-15-11-6-2-3-7-12(11)18-14(15)10-13(17)16-8-4-5-9-16/h2-3,6-7,10H,4-5,8-9H2,1H3. The van der Waals surface area contributed by atoms with Gasteiger partial charge in [0.2, 0.25) is 5.91 Å². The zero-order valence-corrected chi connectivity index (χ0v) is 11.2. The summed E-state index contributed by atoms with van der Waals surface area (Å²) in [6, 6.07) is 8.24. The average Bonchev–Trinajstić information content (AvgIpc) is 3.00. The van der Waals surface area contributed by atoms with Crippen LogP contribution in [0.5, 0.6) is 0 Å². The van der Waals surface area contributed by atoms with E-state index < -0.39 is 0 Å². The molecule has 18 heavy (non-hydrogen) atoms. The van der Waals surface area contributed by atoms with Crippen molar-refractivity contribution in [3.05, 3.63) is 35.4 Å². The Balaban J connectivity index is 1.81. The Morgan fingerprint density at radius 2 is 2.00 bits per heavy atom. The largest absolute Gasteiger partial charge is 0.339 e. The molecular weight excluding hydrogens is 244 g/mol. The molecule has 1 fully saturated rings. The molecule has 1 amide bonds. The monoisotopic (exact) mass is 260 g/mol. The first-order valence-electron chi connectivity index (χ1n) is 6.27. The van der Waals surface area contributed by atoms with E-state index in [-0.39, 0.29) is 5.91 Å². The van der Waals surface area contributed by atoms with Gasteiger partial charge in [0.1, 0.15) is 0 Å². The van der Waals surface area contributed by atoms with Gasteiger partial charge in [0.05, 0.1) is 10.7 Å². The SMILES string of the molecule is CN1C(=CC(=O)N2CCCC2)Sc2ccccc21. The van der Waals surface area contributed by atoms with Crippen molar-refractivity contribution in [1.29, 1.82) is 0 Å². The summed E-state index contributed by atoms with van der Waals surface area (Å²) in [4.78, 5) is 17.4. The van der Waals surface area contributed by atoms with Crippen molar-refractivity contribution in [2.45, 2.75) is 17.7 Å². The Morgan fingerprint density at radius 3 is 2.72 bits per heavy atom. The number of rotatable bonds is 1.